The third-order valence-corrected chi connectivity index (χ3v) is 14.3. The Labute approximate surface area is 434 Å². The normalized spacial score (nSPS) is 14.7. The summed E-state index contributed by atoms with van der Waals surface area (Å²) in [6, 6.07) is 12.0. The molecule has 0 radical (unpaired) electrons. The lowest BCUT2D eigenvalue weighted by Gasteiger charge is -2.27. The van der Waals surface area contributed by atoms with Crippen molar-refractivity contribution in [3.63, 3.8) is 0 Å². The Morgan fingerprint density at radius 3 is 2.09 bits per heavy atom. The molecule has 5 amide bonds. The van der Waals surface area contributed by atoms with Gasteiger partial charge in [-0.2, -0.15) is 0 Å². The first-order valence-electron chi connectivity index (χ1n) is 23.9. The number of benzene rings is 3. The number of hydrogen-bond donors (Lipinski definition) is 5. The van der Waals surface area contributed by atoms with Crippen LogP contribution in [0.3, 0.4) is 0 Å². The third kappa shape index (κ3) is 14.3. The van der Waals surface area contributed by atoms with Gasteiger partial charge in [-0.1, -0.05) is 39.0 Å². The fourth-order valence-corrected chi connectivity index (χ4v) is 10.1. The topological polar surface area (TPSA) is 258 Å². The lowest BCUT2D eigenvalue weighted by Crippen LogP contribution is -2.54. The molecule has 5 N–H and O–H groups in total. The van der Waals surface area contributed by atoms with Crippen LogP contribution < -0.4 is 26.0 Å². The van der Waals surface area contributed by atoms with Crippen molar-refractivity contribution < 1.29 is 64.5 Å². The largest absolute Gasteiger partial charge is 0.382 e. The van der Waals surface area contributed by atoms with Gasteiger partial charge in [-0.15, -0.1) is 11.3 Å². The highest BCUT2D eigenvalue weighted by molar-refractivity contribution is 7.92. The van der Waals surface area contributed by atoms with E-state index < -0.39 is 73.1 Å². The van der Waals surface area contributed by atoms with Crippen LogP contribution in [-0.2, 0) is 48.8 Å². The lowest BCUT2D eigenvalue weighted by atomic mass is 9.98. The third-order valence-electron chi connectivity index (χ3n) is 11.4. The van der Waals surface area contributed by atoms with E-state index in [1.165, 1.54) is 35.7 Å². The molecule has 2 aliphatic rings. The number of ether oxygens (including phenoxy) is 4. The number of fused-ring (bicyclic) bond motifs is 1. The number of nitrogens with zero attached hydrogens (tertiary/aromatic N) is 4. The molecular formula is C50H56F3N9O11S2. The van der Waals surface area contributed by atoms with Gasteiger partial charge in [0.1, 0.15) is 17.7 Å². The molecule has 5 aromatic rings. The van der Waals surface area contributed by atoms with E-state index in [0.29, 0.717) is 80.4 Å². The number of carbonyl (C=O) groups is 5. The molecule has 2 aliphatic heterocycles. The fourth-order valence-electron chi connectivity index (χ4n) is 7.75. The zero-order valence-corrected chi connectivity index (χ0v) is 42.9. The SMILES string of the molecule is CC(C)(C)c1nc(-c2cccc(NS(=O)(=O)c3c(F)cccc3F)c2F)c(-c2ccnc(NCCCNC(=O)CCOCCOCCOCCOCCNc3cccc4c3C(=O)N(C3CCC(=O)NC3=O)C4=O)n2)s1. The first-order valence-corrected chi connectivity index (χ1v) is 26.2. The van der Waals surface area contributed by atoms with Gasteiger partial charge in [0.15, 0.2) is 10.7 Å². The lowest BCUT2D eigenvalue weighted by molar-refractivity contribution is -0.136. The predicted molar refractivity (Wildman–Crippen MR) is 270 cm³/mol. The van der Waals surface area contributed by atoms with E-state index in [1.807, 2.05) is 25.5 Å². The molecule has 2 aromatic heterocycles. The number of amides is 5. The molecule has 1 unspecified atom stereocenters. The summed E-state index contributed by atoms with van der Waals surface area (Å²) in [5.41, 5.74) is 0.321. The Hall–Kier alpha value is -6.90. The molecule has 1 atom stereocenters. The van der Waals surface area contributed by atoms with Crippen molar-refractivity contribution in [2.45, 2.75) is 62.8 Å². The summed E-state index contributed by atoms with van der Waals surface area (Å²) in [6.07, 6.45) is 2.32. The van der Waals surface area contributed by atoms with Crippen molar-refractivity contribution in [3.05, 3.63) is 100 Å². The van der Waals surface area contributed by atoms with Crippen LogP contribution >= 0.6 is 11.3 Å². The monoisotopic (exact) mass is 1080 g/mol. The molecular weight excluding hydrogens is 1020 g/mol. The summed E-state index contributed by atoms with van der Waals surface area (Å²) in [6.45, 7) is 9.27. The van der Waals surface area contributed by atoms with E-state index in [-0.39, 0.29) is 73.3 Å². The Kier molecular flexibility index (Phi) is 19.0. The van der Waals surface area contributed by atoms with Crippen molar-refractivity contribution in [2.24, 2.45) is 0 Å². The van der Waals surface area contributed by atoms with Crippen LogP contribution in [0, 0.1) is 17.5 Å². The molecule has 20 nitrogen and oxygen atoms in total. The van der Waals surface area contributed by atoms with Crippen LogP contribution in [0.4, 0.5) is 30.5 Å². The summed E-state index contributed by atoms with van der Waals surface area (Å²) in [5, 5.41) is 11.9. The molecule has 400 valence electrons. The van der Waals surface area contributed by atoms with Crippen LogP contribution in [-0.4, -0.2) is 136 Å². The summed E-state index contributed by atoms with van der Waals surface area (Å²) < 4.78 is 95.3. The van der Waals surface area contributed by atoms with E-state index >= 15 is 4.39 Å². The molecule has 75 heavy (non-hydrogen) atoms. The maximum Gasteiger partial charge on any atom is 0.267 e. The second-order valence-corrected chi connectivity index (χ2v) is 20.6. The highest BCUT2D eigenvalue weighted by Gasteiger charge is 2.45. The van der Waals surface area contributed by atoms with Gasteiger partial charge in [0.05, 0.1) is 90.9 Å². The van der Waals surface area contributed by atoms with Gasteiger partial charge in [0, 0.05) is 55.3 Å². The van der Waals surface area contributed by atoms with Crippen LogP contribution in [0.1, 0.15) is 72.2 Å². The second-order valence-electron chi connectivity index (χ2n) is 18.0. The van der Waals surface area contributed by atoms with Crippen molar-refractivity contribution in [2.75, 3.05) is 87.8 Å². The number of carbonyl (C=O) groups excluding carboxylic acids is 5. The Bertz CT molecular complexity index is 2990. The molecule has 7 rings (SSSR count). The molecule has 1 fully saturated rings. The van der Waals surface area contributed by atoms with Crippen LogP contribution in [0.5, 0.6) is 0 Å². The van der Waals surface area contributed by atoms with Gasteiger partial charge in [-0.05, 0) is 55.3 Å². The predicted octanol–water partition coefficient (Wildman–Crippen LogP) is 5.67. The molecule has 0 bridgehead atoms. The van der Waals surface area contributed by atoms with Crippen molar-refractivity contribution >= 4 is 68.2 Å². The Morgan fingerprint density at radius 1 is 0.773 bits per heavy atom. The Balaban J connectivity index is 0.742. The first kappa shape index (κ1) is 55.8. The minimum absolute atomic E-state index is 0.0376. The van der Waals surface area contributed by atoms with E-state index in [2.05, 4.69) is 31.2 Å². The number of aromatic nitrogens is 3. The summed E-state index contributed by atoms with van der Waals surface area (Å²) in [7, 11) is -4.87. The zero-order valence-electron chi connectivity index (χ0n) is 41.3. The van der Waals surface area contributed by atoms with Gasteiger partial charge in [0.25, 0.3) is 21.8 Å². The highest BCUT2D eigenvalue weighted by Crippen LogP contribution is 2.42. The number of sulfonamides is 1. The number of imide groups is 2. The maximum atomic E-state index is 16.2. The van der Waals surface area contributed by atoms with Gasteiger partial charge in [-0.3, -0.25) is 38.9 Å². The first-order chi connectivity index (χ1) is 35.9. The summed E-state index contributed by atoms with van der Waals surface area (Å²) >= 11 is 1.28. The number of anilines is 3. The minimum Gasteiger partial charge on any atom is -0.382 e. The average Bonchev–Trinajstić information content (AvgIpc) is 3.93. The second kappa shape index (κ2) is 25.6. The van der Waals surface area contributed by atoms with Gasteiger partial charge >= 0.3 is 0 Å². The van der Waals surface area contributed by atoms with Crippen LogP contribution in [0.2, 0.25) is 0 Å². The molecule has 25 heteroatoms. The number of rotatable bonds is 27. The van der Waals surface area contributed by atoms with Gasteiger partial charge in [0.2, 0.25) is 23.7 Å². The van der Waals surface area contributed by atoms with Crippen molar-refractivity contribution in [1.29, 1.82) is 0 Å². The standard InChI is InChI=1S/C50H56F3N9O11S2/c1-50(2,3)48-60-42(31-9-5-13-35(41(31)53)61-75(68,69)44-32(51)10-6-11-33(44)52)43(74-48)36-16-20-57-49(58-36)56-19-7-18-55-38(63)17-22-70-24-26-72-28-29-73-27-25-71-23-21-54-34-12-4-8-30-40(34)47(67)62(46(30)66)37-14-15-39(64)59-45(37)65/h4-6,8-13,16,20,37,54,61H,7,14-15,17-19,21-29H2,1-3H3,(H,55,63)(H,56,57,58)(H,59,64,65). The molecule has 0 spiro atoms. The summed E-state index contributed by atoms with van der Waals surface area (Å²) in [5.74, 6) is -5.88. The summed E-state index contributed by atoms with van der Waals surface area (Å²) in [4.78, 5) is 76.4. The molecule has 4 heterocycles. The van der Waals surface area contributed by atoms with E-state index in [0.717, 1.165) is 29.2 Å². The van der Waals surface area contributed by atoms with Crippen molar-refractivity contribution in [3.8, 4) is 21.8 Å². The maximum absolute atomic E-state index is 16.2. The van der Waals surface area contributed by atoms with Crippen LogP contribution in [0.15, 0.2) is 71.8 Å². The number of piperidine rings is 1. The highest BCUT2D eigenvalue weighted by atomic mass is 32.2. The quantitative estimate of drug-likeness (QED) is 0.0314. The van der Waals surface area contributed by atoms with Crippen LogP contribution in [0.25, 0.3) is 21.8 Å². The van der Waals surface area contributed by atoms with E-state index in [9.17, 15) is 41.2 Å². The number of thiazole rings is 1. The van der Waals surface area contributed by atoms with Gasteiger partial charge in [-0.25, -0.2) is 36.5 Å². The number of hydrogen-bond acceptors (Lipinski definition) is 17. The minimum atomic E-state index is -4.87. The van der Waals surface area contributed by atoms with E-state index in [4.69, 9.17) is 23.9 Å². The Morgan fingerprint density at radius 2 is 1.41 bits per heavy atom. The average molecular weight is 1080 g/mol. The fraction of sp³-hybridized carbons (Fsp3) is 0.400. The molecule has 1 saturated heterocycles. The molecule has 3 aromatic carbocycles. The zero-order chi connectivity index (χ0) is 53.7. The number of halogens is 3. The smallest absolute Gasteiger partial charge is 0.267 e. The molecule has 0 saturated carbocycles. The van der Waals surface area contributed by atoms with E-state index in [1.54, 1.807) is 18.2 Å². The van der Waals surface area contributed by atoms with Crippen molar-refractivity contribution in [1.82, 2.24) is 30.5 Å². The molecule has 0 aliphatic carbocycles. The number of nitrogens with one attached hydrogen (secondary N) is 5. The van der Waals surface area contributed by atoms with Gasteiger partial charge < -0.3 is 34.9 Å².